The summed E-state index contributed by atoms with van der Waals surface area (Å²) in [6, 6.07) is 15.7. The van der Waals surface area contributed by atoms with Crippen molar-refractivity contribution in [2.45, 2.75) is 18.2 Å². The van der Waals surface area contributed by atoms with Crippen LogP contribution in [-0.2, 0) is 16.5 Å². The van der Waals surface area contributed by atoms with Crippen LogP contribution in [0.2, 0.25) is 10.0 Å². The summed E-state index contributed by atoms with van der Waals surface area (Å²) in [5.41, 5.74) is 0.316. The zero-order valence-electron chi connectivity index (χ0n) is 20.1. The number of phenolic OH excluding ortho intramolecular Hbond substituents is 1. The molecule has 0 saturated heterocycles. The maximum Gasteiger partial charge on any atom is 0.296 e. The van der Waals surface area contributed by atoms with Crippen LogP contribution < -0.4 is 10.1 Å². The van der Waals surface area contributed by atoms with E-state index in [2.05, 4.69) is 15.5 Å². The van der Waals surface area contributed by atoms with Crippen LogP contribution in [0.15, 0.2) is 75.8 Å². The Labute approximate surface area is 228 Å². The minimum absolute atomic E-state index is 0.0166. The van der Waals surface area contributed by atoms with Gasteiger partial charge in [0.2, 0.25) is 0 Å². The molecule has 12 heteroatoms. The highest BCUT2D eigenvalue weighted by atomic mass is 35.5. The lowest BCUT2D eigenvalue weighted by molar-refractivity contribution is 0.102. The summed E-state index contributed by atoms with van der Waals surface area (Å²) in [6.45, 7) is 1.81. The number of hydrogen-bond acceptors (Lipinski definition) is 7. The molecule has 0 fully saturated rings. The number of aryl methyl sites for hydroxylation is 1. The van der Waals surface area contributed by atoms with Crippen LogP contribution in [-0.4, -0.2) is 31.1 Å². The molecule has 3 N–H and O–H groups in total. The molecule has 0 aliphatic rings. The number of nitrogens with zero attached hydrogens (tertiary/aromatic N) is 2. The molecule has 0 bridgehead atoms. The second-order valence-corrected chi connectivity index (χ2v) is 10.2. The predicted octanol–water partition coefficient (Wildman–Crippen LogP) is 7.34. The van der Waals surface area contributed by atoms with Crippen molar-refractivity contribution in [3.8, 4) is 11.5 Å². The molecule has 0 saturated carbocycles. The Morgan fingerprint density at radius 1 is 1.03 bits per heavy atom. The molecular formula is C26H21Cl2N3O6S. The monoisotopic (exact) mass is 573 g/mol. The Hall–Kier alpha value is -3.70. The summed E-state index contributed by atoms with van der Waals surface area (Å²) in [5.74, 6) is -0.956. The van der Waals surface area contributed by atoms with E-state index < -0.39 is 26.7 Å². The standard InChI is InChI=1S/C26H21Cl2N3O6S/c1-3-14-11-12-20(38(34,35)36)23(21(14)28)31-30-22-16-8-5-4-7-15(16)13-17(24(22)32)26(33)29-19-10-6-9-18(27)25(19)37-2/h4-13,32H,3H2,1-2H3,(H,29,33)(H,34,35,36). The molecule has 38 heavy (non-hydrogen) atoms. The number of halogens is 2. The Bertz CT molecular complexity index is 1710. The van der Waals surface area contributed by atoms with E-state index in [4.69, 9.17) is 27.9 Å². The fraction of sp³-hybridized carbons (Fsp3) is 0.115. The van der Waals surface area contributed by atoms with Crippen LogP contribution >= 0.6 is 23.2 Å². The summed E-state index contributed by atoms with van der Waals surface area (Å²) in [6.07, 6.45) is 0.462. The molecule has 196 valence electrons. The number of benzene rings is 4. The number of fused-ring (bicyclic) bond motifs is 1. The molecule has 0 unspecified atom stereocenters. The number of amides is 1. The first-order valence-corrected chi connectivity index (χ1v) is 13.4. The average molecular weight is 574 g/mol. The van der Waals surface area contributed by atoms with E-state index in [1.165, 1.54) is 25.3 Å². The smallest absolute Gasteiger partial charge is 0.296 e. The Morgan fingerprint density at radius 2 is 1.74 bits per heavy atom. The topological polar surface area (TPSA) is 138 Å². The van der Waals surface area contributed by atoms with E-state index in [-0.39, 0.29) is 38.4 Å². The molecule has 9 nitrogen and oxygen atoms in total. The number of rotatable bonds is 7. The van der Waals surface area contributed by atoms with E-state index in [0.29, 0.717) is 22.8 Å². The van der Waals surface area contributed by atoms with Crippen molar-refractivity contribution in [1.82, 2.24) is 0 Å². The van der Waals surface area contributed by atoms with Crippen molar-refractivity contribution in [3.05, 3.63) is 81.8 Å². The van der Waals surface area contributed by atoms with Gasteiger partial charge in [0, 0.05) is 5.39 Å². The summed E-state index contributed by atoms with van der Waals surface area (Å²) in [7, 11) is -3.29. The van der Waals surface area contributed by atoms with Crippen molar-refractivity contribution in [2.24, 2.45) is 10.2 Å². The van der Waals surface area contributed by atoms with Gasteiger partial charge in [0.15, 0.2) is 11.5 Å². The van der Waals surface area contributed by atoms with Crippen LogP contribution in [0.4, 0.5) is 17.1 Å². The third-order valence-electron chi connectivity index (χ3n) is 5.73. The largest absolute Gasteiger partial charge is 0.505 e. The Balaban J connectivity index is 1.87. The second kappa shape index (κ2) is 11.0. The minimum atomic E-state index is -4.69. The summed E-state index contributed by atoms with van der Waals surface area (Å²) in [5, 5.41) is 23.1. The predicted molar refractivity (Wildman–Crippen MR) is 146 cm³/mol. The van der Waals surface area contributed by atoms with Crippen molar-refractivity contribution < 1.29 is 27.6 Å². The number of hydrogen-bond donors (Lipinski definition) is 3. The number of para-hydroxylation sites is 1. The van der Waals surface area contributed by atoms with Gasteiger partial charge in [-0.25, -0.2) is 0 Å². The van der Waals surface area contributed by atoms with Crippen molar-refractivity contribution in [2.75, 3.05) is 12.4 Å². The highest BCUT2D eigenvalue weighted by Gasteiger charge is 2.23. The lowest BCUT2D eigenvalue weighted by Gasteiger charge is -2.14. The number of methoxy groups -OCH3 is 1. The second-order valence-electron chi connectivity index (χ2n) is 8.03. The van der Waals surface area contributed by atoms with E-state index in [9.17, 15) is 22.9 Å². The SMILES string of the molecule is CCc1ccc(S(=O)(=O)O)c(N=Nc2c(O)c(C(=O)Nc3cccc(Cl)c3OC)cc3ccccc23)c1Cl. The molecular weight excluding hydrogens is 553 g/mol. The number of nitrogens with one attached hydrogen (secondary N) is 1. The van der Waals surface area contributed by atoms with Gasteiger partial charge in [-0.3, -0.25) is 9.35 Å². The number of azo groups is 1. The van der Waals surface area contributed by atoms with E-state index in [1.807, 2.05) is 6.92 Å². The zero-order valence-corrected chi connectivity index (χ0v) is 22.4. The summed E-state index contributed by atoms with van der Waals surface area (Å²) in [4.78, 5) is 12.7. The highest BCUT2D eigenvalue weighted by Crippen LogP contribution is 2.42. The van der Waals surface area contributed by atoms with Gasteiger partial charge < -0.3 is 15.2 Å². The van der Waals surface area contributed by atoms with Crippen LogP contribution in [0.1, 0.15) is 22.8 Å². The maximum atomic E-state index is 13.2. The normalized spacial score (nSPS) is 11.7. The fourth-order valence-electron chi connectivity index (χ4n) is 3.86. The van der Waals surface area contributed by atoms with E-state index in [1.54, 1.807) is 42.5 Å². The first-order valence-electron chi connectivity index (χ1n) is 11.2. The minimum Gasteiger partial charge on any atom is -0.505 e. The number of carbonyl (C=O) groups is 1. The first kappa shape index (κ1) is 27.3. The zero-order chi connectivity index (χ0) is 27.6. The first-order chi connectivity index (χ1) is 18.1. The maximum absolute atomic E-state index is 13.2. The molecule has 0 aliphatic carbocycles. The molecule has 0 spiro atoms. The summed E-state index contributed by atoms with van der Waals surface area (Å²) >= 11 is 12.5. The lowest BCUT2D eigenvalue weighted by Crippen LogP contribution is -2.13. The third-order valence-corrected chi connectivity index (χ3v) is 7.33. The third kappa shape index (κ3) is 5.30. The molecule has 4 aromatic carbocycles. The Morgan fingerprint density at radius 3 is 2.42 bits per heavy atom. The molecule has 0 atom stereocenters. The average Bonchev–Trinajstić information content (AvgIpc) is 2.87. The van der Waals surface area contributed by atoms with Gasteiger partial charge in [-0.2, -0.15) is 8.42 Å². The molecule has 0 aromatic heterocycles. The molecule has 0 heterocycles. The molecule has 1 amide bonds. The molecule has 4 aromatic rings. The van der Waals surface area contributed by atoms with Crippen molar-refractivity contribution in [3.63, 3.8) is 0 Å². The van der Waals surface area contributed by atoms with Gasteiger partial charge in [-0.15, -0.1) is 10.2 Å². The van der Waals surface area contributed by atoms with Gasteiger partial charge in [-0.05, 0) is 41.6 Å². The van der Waals surface area contributed by atoms with E-state index in [0.717, 1.165) is 0 Å². The molecule has 0 aliphatic heterocycles. The quantitative estimate of drug-likeness (QED) is 0.156. The van der Waals surface area contributed by atoms with Crippen molar-refractivity contribution >= 4 is 67.1 Å². The van der Waals surface area contributed by atoms with Crippen molar-refractivity contribution in [1.29, 1.82) is 0 Å². The number of aromatic hydroxyl groups is 1. The number of anilines is 1. The van der Waals surface area contributed by atoms with Crippen LogP contribution in [0, 0.1) is 0 Å². The highest BCUT2D eigenvalue weighted by molar-refractivity contribution is 7.86. The number of carbonyl (C=O) groups excluding carboxylic acids is 1. The van der Waals surface area contributed by atoms with Crippen LogP contribution in [0.3, 0.4) is 0 Å². The van der Waals surface area contributed by atoms with Gasteiger partial charge >= 0.3 is 0 Å². The Kier molecular flexibility index (Phi) is 7.89. The number of phenols is 1. The van der Waals surface area contributed by atoms with E-state index >= 15 is 0 Å². The lowest BCUT2D eigenvalue weighted by atomic mass is 10.0. The van der Waals surface area contributed by atoms with Crippen LogP contribution in [0.5, 0.6) is 11.5 Å². The van der Waals surface area contributed by atoms with Gasteiger partial charge in [-0.1, -0.05) is 66.5 Å². The number of ether oxygens (including phenoxy) is 1. The van der Waals surface area contributed by atoms with Gasteiger partial charge in [0.25, 0.3) is 16.0 Å². The summed E-state index contributed by atoms with van der Waals surface area (Å²) < 4.78 is 38.9. The fourth-order valence-corrected chi connectivity index (χ4v) is 5.13. The van der Waals surface area contributed by atoms with Crippen LogP contribution in [0.25, 0.3) is 10.8 Å². The van der Waals surface area contributed by atoms with Gasteiger partial charge in [0.05, 0.1) is 28.4 Å². The van der Waals surface area contributed by atoms with Gasteiger partial charge in [0.1, 0.15) is 16.3 Å². The molecule has 0 radical (unpaired) electrons. The molecule has 4 rings (SSSR count).